The predicted molar refractivity (Wildman–Crippen MR) is 140 cm³/mol. The number of hydrogen-bond acceptors (Lipinski definition) is 8. The van der Waals surface area contributed by atoms with Gasteiger partial charge in [-0.1, -0.05) is 19.1 Å². The number of nitrogens with one attached hydrogen (secondary N) is 1. The van der Waals surface area contributed by atoms with Crippen LogP contribution in [0.2, 0.25) is 0 Å². The van der Waals surface area contributed by atoms with Crippen molar-refractivity contribution in [3.8, 4) is 29.5 Å². The van der Waals surface area contributed by atoms with Gasteiger partial charge < -0.3 is 19.5 Å². The maximum atomic E-state index is 13.2. The molecule has 1 aromatic heterocycles. The van der Waals surface area contributed by atoms with Crippen LogP contribution in [0.25, 0.3) is 11.1 Å². The Morgan fingerprint density at radius 3 is 2.35 bits per heavy atom. The molecule has 0 bridgehead atoms. The van der Waals surface area contributed by atoms with Crippen LogP contribution in [0.1, 0.15) is 39.8 Å². The van der Waals surface area contributed by atoms with E-state index in [1.54, 1.807) is 24.4 Å². The van der Waals surface area contributed by atoms with Gasteiger partial charge in [0.25, 0.3) is 0 Å². The molecule has 2 saturated heterocycles. The highest BCUT2D eigenvalue weighted by atomic mass is 19.1. The van der Waals surface area contributed by atoms with Gasteiger partial charge in [0, 0.05) is 44.9 Å². The second-order valence-corrected chi connectivity index (χ2v) is 9.18. The number of hydrogen-bond donors (Lipinski definition) is 1. The van der Waals surface area contributed by atoms with E-state index in [2.05, 4.69) is 49.5 Å². The molecule has 0 spiro atoms. The van der Waals surface area contributed by atoms with E-state index >= 15 is 0 Å². The number of nitriles is 2. The molecule has 9 heteroatoms. The standard InChI is InChI=1S/C21H24FN3O2.C6H13NO.CHN/c1-3-19-14-25(13-15(2)27-19)8-9-26-21-12-24-18(11-23)10-20(21)16-4-6-17(22)7-5-16;1-5-3-7-4-6(2)8-5;1-2/h4-7,10,12,15,19H,3,8-9,13-14H2,1-2H3;5-7H,3-4H2,1-2H3;1H. The van der Waals surface area contributed by atoms with Crippen LogP contribution in [0.3, 0.4) is 0 Å². The molecule has 1 aromatic carbocycles. The Morgan fingerprint density at radius 2 is 1.78 bits per heavy atom. The SMILES string of the molecule is C#N.CC1CNCC(C)O1.CCC1CN(CCOc2cnc(C#N)cc2-c2ccc(F)cc2)CC(C)O1. The molecule has 2 aliphatic heterocycles. The van der Waals surface area contributed by atoms with Gasteiger partial charge >= 0.3 is 0 Å². The topological polar surface area (TPSA) is 103 Å². The van der Waals surface area contributed by atoms with E-state index in [0.29, 0.717) is 30.3 Å². The highest BCUT2D eigenvalue weighted by molar-refractivity contribution is 5.70. The zero-order valence-corrected chi connectivity index (χ0v) is 22.2. The summed E-state index contributed by atoms with van der Waals surface area (Å²) in [5.74, 6) is 0.289. The summed E-state index contributed by atoms with van der Waals surface area (Å²) in [7, 11) is 0. The highest BCUT2D eigenvalue weighted by Crippen LogP contribution is 2.30. The molecule has 2 fully saturated rings. The van der Waals surface area contributed by atoms with Crippen molar-refractivity contribution in [1.29, 1.82) is 10.5 Å². The molecule has 8 nitrogen and oxygen atoms in total. The van der Waals surface area contributed by atoms with Crippen LogP contribution in [-0.4, -0.2) is 73.6 Å². The normalized spacial score (nSPS) is 23.4. The molecule has 3 heterocycles. The molecule has 0 aliphatic carbocycles. The van der Waals surface area contributed by atoms with Crippen LogP contribution < -0.4 is 10.1 Å². The Labute approximate surface area is 220 Å². The van der Waals surface area contributed by atoms with E-state index in [9.17, 15) is 4.39 Å². The molecule has 37 heavy (non-hydrogen) atoms. The number of rotatable bonds is 6. The van der Waals surface area contributed by atoms with E-state index in [4.69, 9.17) is 24.7 Å². The first-order valence-electron chi connectivity index (χ1n) is 12.7. The van der Waals surface area contributed by atoms with Crippen molar-refractivity contribution in [2.24, 2.45) is 0 Å². The highest BCUT2D eigenvalue weighted by Gasteiger charge is 2.23. The Hall–Kier alpha value is -3.08. The maximum absolute atomic E-state index is 13.2. The average Bonchev–Trinajstić information content (AvgIpc) is 2.90. The summed E-state index contributed by atoms with van der Waals surface area (Å²) in [6, 6.07) is 9.85. The average molecular weight is 512 g/mol. The molecule has 4 unspecified atom stereocenters. The number of aromatic nitrogens is 1. The van der Waals surface area contributed by atoms with Crippen molar-refractivity contribution < 1.29 is 18.6 Å². The minimum absolute atomic E-state index is 0.218. The van der Waals surface area contributed by atoms with Crippen molar-refractivity contribution in [2.45, 2.75) is 58.5 Å². The Kier molecular flexibility index (Phi) is 13.0. The van der Waals surface area contributed by atoms with Crippen molar-refractivity contribution in [2.75, 3.05) is 39.3 Å². The quantitative estimate of drug-likeness (QED) is 0.617. The molecule has 4 rings (SSSR count). The summed E-state index contributed by atoms with van der Waals surface area (Å²) < 4.78 is 30.5. The summed E-state index contributed by atoms with van der Waals surface area (Å²) in [5.41, 5.74) is 1.83. The minimum Gasteiger partial charge on any atom is -0.490 e. The molecule has 0 radical (unpaired) electrons. The molecular weight excluding hydrogens is 473 g/mol. The van der Waals surface area contributed by atoms with Crippen LogP contribution in [-0.2, 0) is 9.47 Å². The smallest absolute Gasteiger partial charge is 0.145 e. The van der Waals surface area contributed by atoms with Crippen LogP contribution in [0.4, 0.5) is 4.39 Å². The second-order valence-electron chi connectivity index (χ2n) is 9.18. The van der Waals surface area contributed by atoms with E-state index in [-0.39, 0.29) is 18.0 Å². The first kappa shape index (κ1) is 30.1. The largest absolute Gasteiger partial charge is 0.490 e. The molecule has 4 atom stereocenters. The van der Waals surface area contributed by atoms with E-state index < -0.39 is 0 Å². The summed E-state index contributed by atoms with van der Waals surface area (Å²) in [5, 5.41) is 18.9. The maximum Gasteiger partial charge on any atom is 0.145 e. The third-order valence-corrected chi connectivity index (χ3v) is 5.99. The van der Waals surface area contributed by atoms with Crippen LogP contribution in [0, 0.1) is 29.0 Å². The number of nitrogens with zero attached hydrogens (tertiary/aromatic N) is 4. The van der Waals surface area contributed by atoms with Gasteiger partial charge in [-0.15, -0.1) is 0 Å². The van der Waals surface area contributed by atoms with Crippen molar-refractivity contribution in [1.82, 2.24) is 15.2 Å². The van der Waals surface area contributed by atoms with Crippen molar-refractivity contribution >= 4 is 0 Å². The lowest BCUT2D eigenvalue weighted by atomic mass is 10.1. The fourth-order valence-electron chi connectivity index (χ4n) is 4.29. The molecule has 0 amide bonds. The van der Waals surface area contributed by atoms with E-state index in [0.717, 1.165) is 50.3 Å². The van der Waals surface area contributed by atoms with Gasteiger partial charge in [-0.25, -0.2) is 14.6 Å². The lowest BCUT2D eigenvalue weighted by molar-refractivity contribution is -0.0794. The number of ether oxygens (including phenoxy) is 3. The first-order valence-corrected chi connectivity index (χ1v) is 12.7. The molecule has 1 N–H and O–H groups in total. The van der Waals surface area contributed by atoms with Crippen LogP contribution in [0.5, 0.6) is 5.75 Å². The zero-order valence-electron chi connectivity index (χ0n) is 22.2. The summed E-state index contributed by atoms with van der Waals surface area (Å²) in [6.07, 6.45) is 3.84. The van der Waals surface area contributed by atoms with Crippen molar-refractivity contribution in [3.05, 3.63) is 48.0 Å². The van der Waals surface area contributed by atoms with Crippen LogP contribution >= 0.6 is 0 Å². The third-order valence-electron chi connectivity index (χ3n) is 5.99. The van der Waals surface area contributed by atoms with E-state index in [1.807, 2.05) is 6.07 Å². The van der Waals surface area contributed by atoms with Gasteiger partial charge in [-0.05, 0) is 51.0 Å². The number of halogens is 1. The number of benzene rings is 1. The Morgan fingerprint density at radius 1 is 1.11 bits per heavy atom. The van der Waals surface area contributed by atoms with Crippen molar-refractivity contribution in [3.63, 3.8) is 0 Å². The monoisotopic (exact) mass is 511 g/mol. The van der Waals surface area contributed by atoms with Gasteiger partial charge in [0.1, 0.15) is 29.9 Å². The fraction of sp³-hybridized carbons (Fsp3) is 0.536. The minimum atomic E-state index is -0.303. The van der Waals surface area contributed by atoms with Gasteiger partial charge in [0.15, 0.2) is 0 Å². The summed E-state index contributed by atoms with van der Waals surface area (Å²) in [6.45, 7) is 17.0. The molecule has 2 aliphatic rings. The third kappa shape index (κ3) is 10.1. The molecule has 200 valence electrons. The van der Waals surface area contributed by atoms with Crippen LogP contribution in [0.15, 0.2) is 36.5 Å². The lowest BCUT2D eigenvalue weighted by Crippen LogP contribution is -2.47. The molecule has 0 saturated carbocycles. The van der Waals surface area contributed by atoms with Gasteiger partial charge in [0.2, 0.25) is 0 Å². The van der Waals surface area contributed by atoms with E-state index in [1.165, 1.54) is 12.1 Å². The second kappa shape index (κ2) is 15.9. The Bertz CT molecular complexity index is 1000. The molecular formula is C28H38FN5O3. The molecule has 2 aromatic rings. The van der Waals surface area contributed by atoms with Gasteiger partial charge in [-0.2, -0.15) is 5.26 Å². The summed E-state index contributed by atoms with van der Waals surface area (Å²) in [4.78, 5) is 6.45. The fourth-order valence-corrected chi connectivity index (χ4v) is 4.29. The summed E-state index contributed by atoms with van der Waals surface area (Å²) >= 11 is 0. The Balaban J connectivity index is 0.000000406. The number of pyridine rings is 1. The first-order chi connectivity index (χ1) is 17.9. The van der Waals surface area contributed by atoms with Gasteiger partial charge in [-0.3, -0.25) is 4.90 Å². The zero-order chi connectivity index (χ0) is 27.2. The predicted octanol–water partition coefficient (Wildman–Crippen LogP) is 4.16. The number of morpholine rings is 2. The van der Waals surface area contributed by atoms with Gasteiger partial charge in [0.05, 0.1) is 30.6 Å². The lowest BCUT2D eigenvalue weighted by Gasteiger charge is -2.36.